The van der Waals surface area contributed by atoms with E-state index >= 15 is 0 Å². The molecule has 0 unspecified atom stereocenters. The molecule has 0 spiro atoms. The van der Waals surface area contributed by atoms with E-state index in [4.69, 9.17) is 15.3 Å². The minimum absolute atomic E-state index is 0.354. The van der Waals surface area contributed by atoms with E-state index in [-0.39, 0.29) is 0 Å². The second-order valence-electron chi connectivity index (χ2n) is 2.58. The van der Waals surface area contributed by atoms with Crippen molar-refractivity contribution in [2.24, 2.45) is 5.73 Å². The number of methoxy groups -OCH3 is 1. The van der Waals surface area contributed by atoms with E-state index in [1.54, 1.807) is 18.2 Å². The van der Waals surface area contributed by atoms with Gasteiger partial charge < -0.3 is 10.5 Å². The van der Waals surface area contributed by atoms with Gasteiger partial charge in [0.1, 0.15) is 5.75 Å². The Kier molecular flexibility index (Phi) is 3.30. The van der Waals surface area contributed by atoms with Gasteiger partial charge in [-0.25, -0.2) is 0 Å². The van der Waals surface area contributed by atoms with E-state index in [0.717, 1.165) is 0 Å². The minimum atomic E-state index is -0.521. The molecule has 14 heavy (non-hydrogen) atoms. The van der Waals surface area contributed by atoms with Gasteiger partial charge in [0.15, 0.2) is 0 Å². The summed E-state index contributed by atoms with van der Waals surface area (Å²) < 4.78 is 4.99. The van der Waals surface area contributed by atoms with Gasteiger partial charge in [0, 0.05) is 6.07 Å². The smallest absolute Gasteiger partial charge is 0.250 e. The van der Waals surface area contributed by atoms with Crippen LogP contribution in [0.1, 0.15) is 10.4 Å². The van der Waals surface area contributed by atoms with E-state index in [9.17, 15) is 4.79 Å². The van der Waals surface area contributed by atoms with Crippen LogP contribution >= 0.6 is 0 Å². The number of anilines is 1. The summed E-state index contributed by atoms with van der Waals surface area (Å²) in [6.07, 6.45) is 0. The van der Waals surface area contributed by atoms with Crippen molar-refractivity contribution in [3.8, 4) is 5.75 Å². The third-order valence-electron chi connectivity index (χ3n) is 1.70. The number of primary amides is 1. The zero-order chi connectivity index (χ0) is 10.6. The zero-order valence-corrected chi connectivity index (χ0v) is 8.03. The highest BCUT2D eigenvalue weighted by Gasteiger charge is 2.08. The van der Waals surface area contributed by atoms with Crippen LogP contribution in [0.2, 0.25) is 0 Å². The molecule has 0 aromatic heterocycles. The van der Waals surface area contributed by atoms with E-state index in [0.29, 0.717) is 17.0 Å². The maximum atomic E-state index is 11.0. The third-order valence-corrected chi connectivity index (χ3v) is 1.70. The first-order valence-electron chi connectivity index (χ1n) is 3.96. The Balaban J connectivity index is 3.10. The van der Waals surface area contributed by atoms with E-state index in [1.165, 1.54) is 14.2 Å². The van der Waals surface area contributed by atoms with Crippen molar-refractivity contribution in [1.82, 2.24) is 0 Å². The molecule has 1 aromatic rings. The Labute approximate surface area is 81.8 Å². The molecule has 0 fully saturated rings. The van der Waals surface area contributed by atoms with Crippen molar-refractivity contribution in [3.05, 3.63) is 23.8 Å². The maximum absolute atomic E-state index is 11.0. The van der Waals surface area contributed by atoms with Crippen LogP contribution in [0.25, 0.3) is 0 Å². The average molecular weight is 196 g/mol. The predicted octanol–water partition coefficient (Wildman–Crippen LogP) is 0.767. The summed E-state index contributed by atoms with van der Waals surface area (Å²) in [6, 6.07) is 4.85. The van der Waals surface area contributed by atoms with Crippen molar-refractivity contribution in [2.45, 2.75) is 0 Å². The third kappa shape index (κ3) is 2.14. The van der Waals surface area contributed by atoms with Crippen LogP contribution in [0.15, 0.2) is 18.2 Å². The number of hydrogen-bond acceptors (Lipinski definition) is 4. The molecule has 0 saturated carbocycles. The molecule has 0 atom stereocenters. The number of nitrogens with one attached hydrogen (secondary N) is 1. The number of nitrogens with two attached hydrogens (primary N) is 1. The molecule has 1 rings (SSSR count). The van der Waals surface area contributed by atoms with Crippen molar-refractivity contribution >= 4 is 11.6 Å². The first kappa shape index (κ1) is 10.3. The summed E-state index contributed by atoms with van der Waals surface area (Å²) in [5.41, 5.74) is 8.55. The van der Waals surface area contributed by atoms with Gasteiger partial charge in [-0.15, -0.1) is 0 Å². The van der Waals surface area contributed by atoms with Gasteiger partial charge in [0.05, 0.1) is 25.5 Å². The SMILES string of the molecule is CONc1cc(OC)ccc1C(N)=O. The predicted molar refractivity (Wildman–Crippen MR) is 52.1 cm³/mol. The molecule has 0 radical (unpaired) electrons. The number of benzene rings is 1. The van der Waals surface area contributed by atoms with Crippen LogP contribution in [0, 0.1) is 0 Å². The molecule has 0 aliphatic rings. The lowest BCUT2D eigenvalue weighted by molar-refractivity contribution is 0.1000. The van der Waals surface area contributed by atoms with Crippen molar-refractivity contribution in [3.63, 3.8) is 0 Å². The van der Waals surface area contributed by atoms with E-state index < -0.39 is 5.91 Å². The molecule has 1 amide bonds. The second-order valence-corrected chi connectivity index (χ2v) is 2.58. The number of ether oxygens (including phenoxy) is 1. The zero-order valence-electron chi connectivity index (χ0n) is 8.03. The molecule has 5 nitrogen and oxygen atoms in total. The largest absolute Gasteiger partial charge is 0.497 e. The Morgan fingerprint density at radius 3 is 2.64 bits per heavy atom. The van der Waals surface area contributed by atoms with Crippen molar-refractivity contribution in [1.29, 1.82) is 0 Å². The highest BCUT2D eigenvalue weighted by molar-refractivity contribution is 5.98. The van der Waals surface area contributed by atoms with Gasteiger partial charge >= 0.3 is 0 Å². The molecule has 76 valence electrons. The Morgan fingerprint density at radius 2 is 2.14 bits per heavy atom. The molecule has 0 bridgehead atoms. The van der Waals surface area contributed by atoms with Crippen LogP contribution in [-0.4, -0.2) is 20.1 Å². The van der Waals surface area contributed by atoms with Crippen molar-refractivity contribution < 1.29 is 14.4 Å². The fourth-order valence-electron chi connectivity index (χ4n) is 1.06. The number of carbonyl (C=O) groups excluding carboxylic acids is 1. The molecule has 1 aromatic carbocycles. The van der Waals surface area contributed by atoms with Gasteiger partial charge in [0.25, 0.3) is 5.91 Å². The van der Waals surface area contributed by atoms with Crippen LogP contribution in [0.3, 0.4) is 0 Å². The fraction of sp³-hybridized carbons (Fsp3) is 0.222. The van der Waals surface area contributed by atoms with Crippen LogP contribution in [-0.2, 0) is 4.84 Å². The molecular weight excluding hydrogens is 184 g/mol. The van der Waals surface area contributed by atoms with E-state index in [2.05, 4.69) is 5.48 Å². The summed E-state index contributed by atoms with van der Waals surface area (Å²) in [4.78, 5) is 15.7. The molecule has 0 saturated heterocycles. The van der Waals surface area contributed by atoms with Crippen LogP contribution < -0.4 is 16.0 Å². The molecule has 3 N–H and O–H groups in total. The molecule has 0 aliphatic heterocycles. The summed E-state index contributed by atoms with van der Waals surface area (Å²) in [5.74, 6) is 0.0988. The molecule has 0 aliphatic carbocycles. The fourth-order valence-corrected chi connectivity index (χ4v) is 1.06. The van der Waals surface area contributed by atoms with Gasteiger partial charge in [-0.3, -0.25) is 15.1 Å². The Hall–Kier alpha value is -1.75. The maximum Gasteiger partial charge on any atom is 0.250 e. The quantitative estimate of drug-likeness (QED) is 0.697. The highest BCUT2D eigenvalue weighted by atomic mass is 16.6. The second kappa shape index (κ2) is 4.48. The highest BCUT2D eigenvalue weighted by Crippen LogP contribution is 2.21. The van der Waals surface area contributed by atoms with E-state index in [1.807, 2.05) is 0 Å². The molecular formula is C9H12N2O3. The van der Waals surface area contributed by atoms with Gasteiger partial charge in [0.2, 0.25) is 0 Å². The van der Waals surface area contributed by atoms with Gasteiger partial charge in [-0.05, 0) is 12.1 Å². The topological polar surface area (TPSA) is 73.6 Å². The van der Waals surface area contributed by atoms with Crippen LogP contribution in [0.4, 0.5) is 5.69 Å². The Morgan fingerprint density at radius 1 is 1.43 bits per heavy atom. The summed E-state index contributed by atoms with van der Waals surface area (Å²) in [7, 11) is 2.99. The standard InChI is InChI=1S/C9H12N2O3/c1-13-6-3-4-7(9(10)12)8(5-6)11-14-2/h3-5,11H,1-2H3,(H2,10,12). The molecule has 5 heteroatoms. The minimum Gasteiger partial charge on any atom is -0.497 e. The lowest BCUT2D eigenvalue weighted by Gasteiger charge is -2.09. The average Bonchev–Trinajstić information content (AvgIpc) is 2.17. The Bertz CT molecular complexity index is 339. The lowest BCUT2D eigenvalue weighted by Crippen LogP contribution is -2.14. The number of hydrogen-bond donors (Lipinski definition) is 2. The van der Waals surface area contributed by atoms with Gasteiger partial charge in [-0.2, -0.15) is 0 Å². The summed E-state index contributed by atoms with van der Waals surface area (Å²) in [6.45, 7) is 0. The lowest BCUT2D eigenvalue weighted by atomic mass is 10.1. The number of amides is 1. The molecule has 0 heterocycles. The number of rotatable bonds is 4. The van der Waals surface area contributed by atoms with Crippen molar-refractivity contribution in [2.75, 3.05) is 19.7 Å². The first-order valence-corrected chi connectivity index (χ1v) is 3.96. The van der Waals surface area contributed by atoms with Crippen LogP contribution in [0.5, 0.6) is 5.75 Å². The normalized spacial score (nSPS) is 9.57. The first-order chi connectivity index (χ1) is 6.69. The number of carbonyl (C=O) groups is 1. The summed E-state index contributed by atoms with van der Waals surface area (Å²) in [5, 5.41) is 0. The monoisotopic (exact) mass is 196 g/mol. The summed E-state index contributed by atoms with van der Waals surface area (Å²) >= 11 is 0. The van der Waals surface area contributed by atoms with Gasteiger partial charge in [-0.1, -0.05) is 0 Å².